The zero-order chi connectivity index (χ0) is 48.1. The quantitative estimate of drug-likeness (QED) is 0.0343. The maximum atomic E-state index is 4.45. The lowest BCUT2D eigenvalue weighted by atomic mass is 9.13. The third kappa shape index (κ3) is 24.8. The van der Waals surface area contributed by atoms with Gasteiger partial charge in [0.2, 0.25) is 0 Å². The molecule has 4 aromatic carbocycles. The number of rotatable bonds is 38. The first-order valence-electron chi connectivity index (χ1n) is 29.1. The maximum Gasteiger partial charge on any atom is 0.108 e. The topological polar surface area (TPSA) is 27.6 Å². The highest BCUT2D eigenvalue weighted by atomic mass is 14.6. The standard InChI is InChI=1S/C37H77N.C28H28B/c1-3-5-7-9-11-13-15-17-19-21-23-25-27-29-31-33-35-37(38)36-34-32-30-28-26-24-22-20-18-16-14-12-10-8-6-4-2;1-21-5-13-25(14-6-21)29(26-15-7-22(2)8-16-26,27-17-9-23(3)10-18-27)28-19-11-24(4)12-20-28/h37H,3-36,38H2,1-2H3;5-20H,1-4H3/q;-1/p+1. The van der Waals surface area contributed by atoms with Crippen LogP contribution in [0.5, 0.6) is 0 Å². The van der Waals surface area contributed by atoms with Gasteiger partial charge in [0, 0.05) is 0 Å². The molecule has 1 nitrogen and oxygen atoms in total. The van der Waals surface area contributed by atoms with E-state index in [9.17, 15) is 0 Å². The molecule has 0 aliphatic heterocycles. The molecule has 0 bridgehead atoms. The third-order valence-electron chi connectivity index (χ3n) is 15.2. The molecule has 2 heteroatoms. The van der Waals surface area contributed by atoms with Crippen LogP contribution in [0.2, 0.25) is 0 Å². The summed E-state index contributed by atoms with van der Waals surface area (Å²) in [7, 11) is 0. The fourth-order valence-corrected chi connectivity index (χ4v) is 10.7. The monoisotopic (exact) mass is 912 g/mol. The second-order valence-electron chi connectivity index (χ2n) is 21.6. The van der Waals surface area contributed by atoms with Gasteiger partial charge in [-0.05, 0) is 53.4 Å². The van der Waals surface area contributed by atoms with Crippen LogP contribution in [0, 0.1) is 27.7 Å². The van der Waals surface area contributed by atoms with E-state index < -0.39 is 6.15 Å². The summed E-state index contributed by atoms with van der Waals surface area (Å²) in [5.41, 5.74) is 15.0. The van der Waals surface area contributed by atoms with E-state index in [1.54, 1.807) is 0 Å². The smallest absolute Gasteiger partial charge is 0.108 e. The van der Waals surface area contributed by atoms with E-state index in [2.05, 4.69) is 144 Å². The largest absolute Gasteiger partial charge is 0.355 e. The summed E-state index contributed by atoms with van der Waals surface area (Å²) in [5, 5.41) is 0. The summed E-state index contributed by atoms with van der Waals surface area (Å²) < 4.78 is 0. The lowest BCUT2D eigenvalue weighted by molar-refractivity contribution is -0.423. The summed E-state index contributed by atoms with van der Waals surface area (Å²) in [6.07, 6.45) is 48.3. The summed E-state index contributed by atoms with van der Waals surface area (Å²) in [6.45, 7) is 13.2. The van der Waals surface area contributed by atoms with Gasteiger partial charge in [-0.2, -0.15) is 21.9 Å². The predicted octanol–water partition coefficient (Wildman–Crippen LogP) is 17.2. The van der Waals surface area contributed by atoms with Gasteiger partial charge in [-0.25, -0.2) is 0 Å². The number of aryl methyl sites for hydroxylation is 4. The number of unbranched alkanes of at least 4 members (excludes halogenated alkanes) is 30. The van der Waals surface area contributed by atoms with Crippen molar-refractivity contribution in [3.63, 3.8) is 0 Å². The maximum absolute atomic E-state index is 4.45. The van der Waals surface area contributed by atoms with Crippen LogP contribution in [0.3, 0.4) is 0 Å². The van der Waals surface area contributed by atoms with Crippen molar-refractivity contribution in [2.45, 2.75) is 266 Å². The molecule has 0 aliphatic rings. The Hall–Kier alpha value is -3.10. The zero-order valence-electron chi connectivity index (χ0n) is 45.1. The highest BCUT2D eigenvalue weighted by Crippen LogP contribution is 2.18. The SMILES string of the molecule is CCCCCCCCCCCCCCCCCCC([NH3+])CCCCCCCCCCCCCCCCCC.Cc1ccc([B-](c2ccc(C)cc2)(c2ccc(C)cc2)c2ccc(C)cc2)cc1. The van der Waals surface area contributed by atoms with Crippen LogP contribution in [0.15, 0.2) is 97.1 Å². The van der Waals surface area contributed by atoms with Crippen LogP contribution in [-0.2, 0) is 0 Å². The predicted molar refractivity (Wildman–Crippen MR) is 304 cm³/mol. The highest BCUT2D eigenvalue weighted by Gasteiger charge is 2.31. The van der Waals surface area contributed by atoms with Crippen molar-refractivity contribution in [3.05, 3.63) is 119 Å². The molecule has 0 aliphatic carbocycles. The first-order chi connectivity index (χ1) is 32.8. The second-order valence-corrected chi connectivity index (χ2v) is 21.6. The van der Waals surface area contributed by atoms with E-state index in [4.69, 9.17) is 0 Å². The highest BCUT2D eigenvalue weighted by molar-refractivity contribution is 7.19. The molecule has 4 rings (SSSR count). The molecule has 3 N–H and O–H groups in total. The fraction of sp³-hybridized carbons (Fsp3) is 0.631. The van der Waals surface area contributed by atoms with E-state index in [1.807, 2.05) is 0 Å². The van der Waals surface area contributed by atoms with Crippen molar-refractivity contribution in [3.8, 4) is 0 Å². The Morgan fingerprint density at radius 1 is 0.269 bits per heavy atom. The van der Waals surface area contributed by atoms with E-state index in [0.717, 1.165) is 0 Å². The average Bonchev–Trinajstić information content (AvgIpc) is 3.33. The molecule has 374 valence electrons. The lowest BCUT2D eigenvalue weighted by Crippen LogP contribution is -2.74. The Morgan fingerprint density at radius 2 is 0.433 bits per heavy atom. The van der Waals surface area contributed by atoms with Gasteiger partial charge in [-0.15, -0.1) is 0 Å². The molecule has 0 aromatic heterocycles. The van der Waals surface area contributed by atoms with Crippen molar-refractivity contribution in [1.82, 2.24) is 0 Å². The molecular weight excluding hydrogens is 806 g/mol. The van der Waals surface area contributed by atoms with Crippen molar-refractivity contribution < 1.29 is 5.73 Å². The molecule has 0 saturated carbocycles. The van der Waals surface area contributed by atoms with E-state index in [1.165, 1.54) is 262 Å². The molecule has 0 unspecified atom stereocenters. The number of hydrogen-bond acceptors (Lipinski definition) is 0. The van der Waals surface area contributed by atoms with Crippen molar-refractivity contribution >= 4 is 28.0 Å². The first-order valence-corrected chi connectivity index (χ1v) is 29.1. The van der Waals surface area contributed by atoms with E-state index >= 15 is 0 Å². The van der Waals surface area contributed by atoms with Gasteiger partial charge >= 0.3 is 0 Å². The zero-order valence-corrected chi connectivity index (χ0v) is 45.1. The minimum Gasteiger partial charge on any atom is -0.355 e. The third-order valence-corrected chi connectivity index (χ3v) is 15.2. The van der Waals surface area contributed by atoms with E-state index in [0.29, 0.717) is 6.04 Å². The Kier molecular flexibility index (Phi) is 32.8. The molecule has 0 spiro atoms. The molecule has 0 fully saturated rings. The Balaban J connectivity index is 0.000000365. The van der Waals surface area contributed by atoms with Gasteiger partial charge in [-0.1, -0.05) is 326 Å². The first kappa shape index (κ1) is 58.2. The van der Waals surface area contributed by atoms with Crippen LogP contribution >= 0.6 is 0 Å². The molecule has 0 amide bonds. The van der Waals surface area contributed by atoms with Crippen LogP contribution in [0.1, 0.15) is 254 Å². The molecule has 0 heterocycles. The number of benzene rings is 4. The molecule has 0 radical (unpaired) electrons. The Labute approximate surface area is 417 Å². The van der Waals surface area contributed by atoms with Gasteiger partial charge in [0.05, 0.1) is 6.04 Å². The Morgan fingerprint density at radius 3 is 0.612 bits per heavy atom. The Bertz CT molecular complexity index is 1480. The minimum atomic E-state index is -1.27. The van der Waals surface area contributed by atoms with Crippen LogP contribution < -0.4 is 27.6 Å². The molecule has 0 saturated heterocycles. The molecule has 67 heavy (non-hydrogen) atoms. The molecule has 4 aromatic rings. The van der Waals surface area contributed by atoms with Gasteiger partial charge in [0.25, 0.3) is 0 Å². The summed E-state index contributed by atoms with van der Waals surface area (Å²) in [4.78, 5) is 0. The van der Waals surface area contributed by atoms with Crippen LogP contribution in [0.25, 0.3) is 0 Å². The van der Waals surface area contributed by atoms with Gasteiger partial charge in [-0.3, -0.25) is 0 Å². The van der Waals surface area contributed by atoms with Gasteiger partial charge in [0.1, 0.15) is 6.15 Å². The second kappa shape index (κ2) is 37.8. The van der Waals surface area contributed by atoms with E-state index in [-0.39, 0.29) is 0 Å². The molecular formula is C65H106BN. The number of hydrogen-bond donors (Lipinski definition) is 1. The lowest BCUT2D eigenvalue weighted by Gasteiger charge is -2.44. The minimum absolute atomic E-state index is 0.716. The van der Waals surface area contributed by atoms with Crippen LogP contribution in [0.4, 0.5) is 0 Å². The van der Waals surface area contributed by atoms with Crippen molar-refractivity contribution in [1.29, 1.82) is 0 Å². The summed E-state index contributed by atoms with van der Waals surface area (Å²) >= 11 is 0. The molecule has 0 atom stereocenters. The van der Waals surface area contributed by atoms with Crippen molar-refractivity contribution in [2.24, 2.45) is 0 Å². The number of quaternary nitrogens is 1. The van der Waals surface area contributed by atoms with Crippen molar-refractivity contribution in [2.75, 3.05) is 0 Å². The van der Waals surface area contributed by atoms with Gasteiger partial charge < -0.3 is 5.73 Å². The average molecular weight is 912 g/mol. The van der Waals surface area contributed by atoms with Crippen LogP contribution in [-0.4, -0.2) is 12.2 Å². The normalized spacial score (nSPS) is 11.6. The summed E-state index contributed by atoms with van der Waals surface area (Å²) in [6, 6.07) is 37.1. The summed E-state index contributed by atoms with van der Waals surface area (Å²) in [5.74, 6) is 0. The van der Waals surface area contributed by atoms with Gasteiger partial charge in [0.15, 0.2) is 0 Å². The fourth-order valence-electron chi connectivity index (χ4n) is 10.7.